The number of ether oxygens (including phenoxy) is 2. The fourth-order valence-corrected chi connectivity index (χ4v) is 4.82. The minimum Gasteiger partial charge on any atom is -0.493 e. The molecule has 3 aromatic rings. The fraction of sp³-hybridized carbons (Fsp3) is 0.391. The van der Waals surface area contributed by atoms with Gasteiger partial charge in [0.1, 0.15) is 5.82 Å². The third kappa shape index (κ3) is 4.12. The van der Waals surface area contributed by atoms with Crippen LogP contribution in [-0.4, -0.2) is 47.3 Å². The number of amides is 1. The first-order valence-corrected chi connectivity index (χ1v) is 11.2. The van der Waals surface area contributed by atoms with Crippen molar-refractivity contribution in [2.45, 2.75) is 31.1 Å². The number of hydrogen-bond acceptors (Lipinski definition) is 5. The predicted octanol–water partition coefficient (Wildman–Crippen LogP) is 4.74. The first-order chi connectivity index (χ1) is 14.6. The SMILES string of the molecule is COc1ccc(C2CCCN2C(=O)CSC(C)c2nc3ccccc3[nH]2)cc1OC. The van der Waals surface area contributed by atoms with E-state index in [0.29, 0.717) is 17.3 Å². The molecule has 1 amide bonds. The third-order valence-electron chi connectivity index (χ3n) is 5.62. The molecular weight excluding hydrogens is 398 g/mol. The number of carbonyl (C=O) groups excluding carboxylic acids is 1. The number of aromatic nitrogens is 2. The molecule has 0 spiro atoms. The Morgan fingerprint density at radius 1 is 1.23 bits per heavy atom. The van der Waals surface area contributed by atoms with Crippen LogP contribution in [0, 0.1) is 0 Å². The van der Waals surface area contributed by atoms with Crippen LogP contribution in [0.4, 0.5) is 0 Å². The summed E-state index contributed by atoms with van der Waals surface area (Å²) in [6, 6.07) is 14.0. The Balaban J connectivity index is 1.42. The first kappa shape index (κ1) is 20.6. The lowest BCUT2D eigenvalue weighted by atomic mass is 10.0. The largest absolute Gasteiger partial charge is 0.493 e. The van der Waals surface area contributed by atoms with Crippen LogP contribution in [0.3, 0.4) is 0 Å². The number of para-hydroxylation sites is 2. The minimum atomic E-state index is 0.0828. The fourth-order valence-electron chi connectivity index (χ4n) is 4.00. The lowest BCUT2D eigenvalue weighted by molar-refractivity contribution is -0.129. The summed E-state index contributed by atoms with van der Waals surface area (Å²) >= 11 is 1.62. The molecule has 1 aliphatic rings. The predicted molar refractivity (Wildman–Crippen MR) is 120 cm³/mol. The van der Waals surface area contributed by atoms with E-state index in [0.717, 1.165) is 41.8 Å². The standard InChI is InChI=1S/C23H27N3O3S/c1-15(23-24-17-7-4-5-8-18(17)25-23)30-14-22(27)26-12-6-9-19(26)16-10-11-20(28-2)21(13-16)29-3/h4-5,7-8,10-11,13,15,19H,6,9,12,14H2,1-3H3,(H,24,25). The monoisotopic (exact) mass is 425 g/mol. The van der Waals surface area contributed by atoms with Crippen LogP contribution in [0.1, 0.15) is 42.4 Å². The lowest BCUT2D eigenvalue weighted by Crippen LogP contribution is -2.32. The van der Waals surface area contributed by atoms with Crippen molar-refractivity contribution >= 4 is 28.7 Å². The Bertz CT molecular complexity index is 1000. The van der Waals surface area contributed by atoms with E-state index in [1.54, 1.807) is 26.0 Å². The van der Waals surface area contributed by atoms with Crippen molar-refractivity contribution in [3.8, 4) is 11.5 Å². The van der Waals surface area contributed by atoms with Gasteiger partial charge in [0.15, 0.2) is 11.5 Å². The highest BCUT2D eigenvalue weighted by Gasteiger charge is 2.30. The molecule has 0 aliphatic carbocycles. The second-order valence-corrected chi connectivity index (χ2v) is 8.78. The Kier molecular flexibility index (Phi) is 6.18. The number of fused-ring (bicyclic) bond motifs is 1. The molecule has 1 aromatic heterocycles. The van der Waals surface area contributed by atoms with E-state index in [9.17, 15) is 4.79 Å². The number of rotatable bonds is 7. The zero-order valence-electron chi connectivity index (χ0n) is 17.6. The van der Waals surface area contributed by atoms with Crippen LogP contribution in [0.5, 0.6) is 11.5 Å². The maximum Gasteiger partial charge on any atom is 0.233 e. The second kappa shape index (κ2) is 9.00. The van der Waals surface area contributed by atoms with Crippen molar-refractivity contribution in [3.05, 3.63) is 53.9 Å². The van der Waals surface area contributed by atoms with E-state index in [4.69, 9.17) is 9.47 Å². The zero-order valence-corrected chi connectivity index (χ0v) is 18.4. The molecule has 7 heteroatoms. The number of imidazole rings is 1. The maximum atomic E-state index is 13.0. The quantitative estimate of drug-likeness (QED) is 0.592. The van der Waals surface area contributed by atoms with Crippen molar-refractivity contribution in [1.82, 2.24) is 14.9 Å². The maximum absolute atomic E-state index is 13.0. The number of H-pyrrole nitrogens is 1. The zero-order chi connectivity index (χ0) is 21.1. The van der Waals surface area contributed by atoms with Gasteiger partial charge in [-0.25, -0.2) is 4.98 Å². The van der Waals surface area contributed by atoms with Gasteiger partial charge in [0.2, 0.25) is 5.91 Å². The number of nitrogens with one attached hydrogen (secondary N) is 1. The topological polar surface area (TPSA) is 67.5 Å². The van der Waals surface area contributed by atoms with Crippen molar-refractivity contribution < 1.29 is 14.3 Å². The van der Waals surface area contributed by atoms with E-state index < -0.39 is 0 Å². The van der Waals surface area contributed by atoms with Gasteiger partial charge in [0.05, 0.1) is 42.3 Å². The van der Waals surface area contributed by atoms with Crippen LogP contribution < -0.4 is 9.47 Å². The van der Waals surface area contributed by atoms with Gasteiger partial charge in [-0.05, 0) is 49.6 Å². The van der Waals surface area contributed by atoms with Crippen molar-refractivity contribution in [2.24, 2.45) is 0 Å². The van der Waals surface area contributed by atoms with Crippen LogP contribution in [-0.2, 0) is 4.79 Å². The molecule has 0 bridgehead atoms. The molecule has 2 unspecified atom stereocenters. The number of nitrogens with zero attached hydrogens (tertiary/aromatic N) is 2. The van der Waals surface area contributed by atoms with Crippen LogP contribution in [0.15, 0.2) is 42.5 Å². The molecule has 0 radical (unpaired) electrons. The van der Waals surface area contributed by atoms with Gasteiger partial charge in [-0.1, -0.05) is 18.2 Å². The molecule has 1 aliphatic heterocycles. The highest BCUT2D eigenvalue weighted by atomic mass is 32.2. The van der Waals surface area contributed by atoms with E-state index >= 15 is 0 Å². The molecular formula is C23H27N3O3S. The molecule has 30 heavy (non-hydrogen) atoms. The number of thioether (sulfide) groups is 1. The van der Waals surface area contributed by atoms with E-state index in [2.05, 4.69) is 16.9 Å². The molecule has 1 fully saturated rings. The van der Waals surface area contributed by atoms with Crippen LogP contribution >= 0.6 is 11.8 Å². The van der Waals surface area contributed by atoms with Crippen LogP contribution in [0.2, 0.25) is 0 Å². The van der Waals surface area contributed by atoms with Crippen molar-refractivity contribution in [1.29, 1.82) is 0 Å². The Hall–Kier alpha value is -2.67. The first-order valence-electron chi connectivity index (χ1n) is 10.2. The van der Waals surface area contributed by atoms with Gasteiger partial charge < -0.3 is 19.4 Å². The summed E-state index contributed by atoms with van der Waals surface area (Å²) in [6.45, 7) is 2.88. The molecule has 1 N–H and O–H groups in total. The summed E-state index contributed by atoms with van der Waals surface area (Å²) in [5.41, 5.74) is 3.08. The number of likely N-dealkylation sites (tertiary alicyclic amines) is 1. The third-order valence-corrected chi connectivity index (χ3v) is 6.75. The number of hydrogen-bond donors (Lipinski definition) is 1. The van der Waals surface area contributed by atoms with Gasteiger partial charge in [0, 0.05) is 6.54 Å². The Morgan fingerprint density at radius 3 is 2.80 bits per heavy atom. The van der Waals surface area contributed by atoms with E-state index in [-0.39, 0.29) is 17.2 Å². The van der Waals surface area contributed by atoms with Gasteiger partial charge in [-0.15, -0.1) is 11.8 Å². The molecule has 2 atom stereocenters. The smallest absolute Gasteiger partial charge is 0.233 e. The summed E-state index contributed by atoms with van der Waals surface area (Å²) in [7, 11) is 3.26. The molecule has 4 rings (SSSR count). The summed E-state index contributed by atoms with van der Waals surface area (Å²) < 4.78 is 10.8. The van der Waals surface area contributed by atoms with E-state index in [1.165, 1.54) is 0 Å². The number of benzene rings is 2. The van der Waals surface area contributed by atoms with E-state index in [1.807, 2.05) is 47.4 Å². The van der Waals surface area contributed by atoms with Crippen LogP contribution in [0.25, 0.3) is 11.0 Å². The Morgan fingerprint density at radius 2 is 2.03 bits per heavy atom. The molecule has 158 valence electrons. The number of carbonyl (C=O) groups is 1. The van der Waals surface area contributed by atoms with Gasteiger partial charge >= 0.3 is 0 Å². The number of methoxy groups -OCH3 is 2. The summed E-state index contributed by atoms with van der Waals surface area (Å²) in [4.78, 5) is 23.1. The lowest BCUT2D eigenvalue weighted by Gasteiger charge is -2.26. The Labute approximate surface area is 181 Å². The van der Waals surface area contributed by atoms with Gasteiger partial charge in [-0.2, -0.15) is 0 Å². The van der Waals surface area contributed by atoms with Gasteiger partial charge in [0.25, 0.3) is 0 Å². The molecule has 2 heterocycles. The van der Waals surface area contributed by atoms with Crippen molar-refractivity contribution in [2.75, 3.05) is 26.5 Å². The average Bonchev–Trinajstić information content (AvgIpc) is 3.44. The molecule has 2 aromatic carbocycles. The number of aromatic amines is 1. The summed E-state index contributed by atoms with van der Waals surface area (Å²) in [5, 5.41) is 0.114. The summed E-state index contributed by atoms with van der Waals surface area (Å²) in [6.07, 6.45) is 1.97. The highest BCUT2D eigenvalue weighted by molar-refractivity contribution is 8.00. The minimum absolute atomic E-state index is 0.0828. The second-order valence-electron chi connectivity index (χ2n) is 7.45. The molecule has 0 saturated carbocycles. The summed E-state index contributed by atoms with van der Waals surface area (Å²) in [5.74, 6) is 2.91. The average molecular weight is 426 g/mol. The normalized spacial score (nSPS) is 17.3. The van der Waals surface area contributed by atoms with Gasteiger partial charge in [-0.3, -0.25) is 4.79 Å². The molecule has 6 nitrogen and oxygen atoms in total. The van der Waals surface area contributed by atoms with Crippen molar-refractivity contribution in [3.63, 3.8) is 0 Å². The molecule has 1 saturated heterocycles. The highest BCUT2D eigenvalue weighted by Crippen LogP contribution is 2.38.